The van der Waals surface area contributed by atoms with Crippen LogP contribution in [0.25, 0.3) is 0 Å². The van der Waals surface area contributed by atoms with Crippen LogP contribution in [0, 0.1) is 6.92 Å². The van der Waals surface area contributed by atoms with Gasteiger partial charge in [0.1, 0.15) is 0 Å². The van der Waals surface area contributed by atoms with E-state index in [1.54, 1.807) is 19.1 Å². The van der Waals surface area contributed by atoms with Gasteiger partial charge in [0.15, 0.2) is 5.78 Å². The highest BCUT2D eigenvalue weighted by molar-refractivity contribution is 6.31. The number of hydrogen-bond acceptors (Lipinski definition) is 1. The predicted octanol–water partition coefficient (Wildman–Crippen LogP) is 4.90. The van der Waals surface area contributed by atoms with Gasteiger partial charge in [0, 0.05) is 16.1 Å². The molecule has 0 aliphatic heterocycles. The van der Waals surface area contributed by atoms with Gasteiger partial charge in [-0.3, -0.25) is 4.79 Å². The van der Waals surface area contributed by atoms with Crippen LogP contribution in [0.5, 0.6) is 0 Å². The average molecular weight is 299 g/mol. The highest BCUT2D eigenvalue weighted by atomic mass is 35.5. The largest absolute Gasteiger partial charge is 0.417 e. The SMILES string of the molecule is Cc1ccc(Cl)cc1C(=O)c1ccccc1C(F)(F)F. The van der Waals surface area contributed by atoms with Gasteiger partial charge in [-0.15, -0.1) is 0 Å². The fourth-order valence-electron chi connectivity index (χ4n) is 1.91. The minimum Gasteiger partial charge on any atom is -0.289 e. The van der Waals surface area contributed by atoms with E-state index in [0.29, 0.717) is 10.6 Å². The summed E-state index contributed by atoms with van der Waals surface area (Å²) in [5.74, 6) is -0.682. The molecule has 104 valence electrons. The first-order valence-electron chi connectivity index (χ1n) is 5.78. The zero-order chi connectivity index (χ0) is 14.9. The first-order valence-corrected chi connectivity index (χ1v) is 6.15. The van der Waals surface area contributed by atoms with Crippen LogP contribution in [0.1, 0.15) is 27.0 Å². The van der Waals surface area contributed by atoms with Crippen molar-refractivity contribution in [3.63, 3.8) is 0 Å². The molecule has 0 radical (unpaired) electrons. The van der Waals surface area contributed by atoms with Crippen molar-refractivity contribution in [2.24, 2.45) is 0 Å². The van der Waals surface area contributed by atoms with Crippen molar-refractivity contribution in [1.29, 1.82) is 0 Å². The second-order valence-electron chi connectivity index (χ2n) is 4.33. The van der Waals surface area contributed by atoms with Crippen molar-refractivity contribution in [3.8, 4) is 0 Å². The fourth-order valence-corrected chi connectivity index (χ4v) is 2.08. The molecule has 0 fully saturated rings. The van der Waals surface area contributed by atoms with Crippen LogP contribution < -0.4 is 0 Å². The van der Waals surface area contributed by atoms with Gasteiger partial charge in [0.2, 0.25) is 0 Å². The van der Waals surface area contributed by atoms with Crippen molar-refractivity contribution >= 4 is 17.4 Å². The minimum absolute atomic E-state index is 0.175. The maximum Gasteiger partial charge on any atom is 0.417 e. The second-order valence-corrected chi connectivity index (χ2v) is 4.77. The topological polar surface area (TPSA) is 17.1 Å². The lowest BCUT2D eigenvalue weighted by molar-refractivity contribution is -0.137. The van der Waals surface area contributed by atoms with Gasteiger partial charge in [0.05, 0.1) is 5.56 Å². The third-order valence-electron chi connectivity index (χ3n) is 2.92. The van der Waals surface area contributed by atoms with Crippen LogP contribution in [-0.2, 0) is 6.18 Å². The molecule has 0 N–H and O–H groups in total. The highest BCUT2D eigenvalue weighted by Crippen LogP contribution is 2.33. The Labute approximate surface area is 119 Å². The van der Waals surface area contributed by atoms with E-state index in [1.165, 1.54) is 24.3 Å². The molecule has 1 nitrogen and oxygen atoms in total. The summed E-state index contributed by atoms with van der Waals surface area (Å²) in [6.45, 7) is 1.65. The molecule has 0 aliphatic carbocycles. The molecular weight excluding hydrogens is 289 g/mol. The number of benzene rings is 2. The molecule has 0 saturated carbocycles. The number of ketones is 1. The van der Waals surface area contributed by atoms with Crippen LogP contribution >= 0.6 is 11.6 Å². The molecule has 0 amide bonds. The Hall–Kier alpha value is -1.81. The summed E-state index contributed by atoms with van der Waals surface area (Å²) in [6, 6.07) is 9.30. The van der Waals surface area contributed by atoms with Gasteiger partial charge in [0.25, 0.3) is 0 Å². The normalized spacial score (nSPS) is 11.4. The molecule has 0 atom stereocenters. The van der Waals surface area contributed by atoms with Crippen LogP contribution in [0.3, 0.4) is 0 Å². The molecule has 0 saturated heterocycles. The summed E-state index contributed by atoms with van der Waals surface area (Å²) in [5, 5.41) is 0.309. The second kappa shape index (κ2) is 5.29. The number of halogens is 4. The fraction of sp³-hybridized carbons (Fsp3) is 0.133. The third-order valence-corrected chi connectivity index (χ3v) is 3.16. The number of carbonyl (C=O) groups excluding carboxylic acids is 1. The van der Waals surface area contributed by atoms with E-state index >= 15 is 0 Å². The van der Waals surface area contributed by atoms with Gasteiger partial charge < -0.3 is 0 Å². The lowest BCUT2D eigenvalue weighted by Crippen LogP contribution is -2.14. The van der Waals surface area contributed by atoms with Crippen molar-refractivity contribution in [2.75, 3.05) is 0 Å². The molecule has 0 unspecified atom stereocenters. The summed E-state index contributed by atoms with van der Waals surface area (Å²) in [5.41, 5.74) is -0.555. The molecule has 2 aromatic carbocycles. The van der Waals surface area contributed by atoms with Gasteiger partial charge >= 0.3 is 6.18 Å². The zero-order valence-corrected chi connectivity index (χ0v) is 11.2. The maximum atomic E-state index is 12.9. The van der Waals surface area contributed by atoms with Crippen molar-refractivity contribution < 1.29 is 18.0 Å². The average Bonchev–Trinajstić information content (AvgIpc) is 2.40. The molecule has 0 bridgehead atoms. The predicted molar refractivity (Wildman–Crippen MR) is 71.1 cm³/mol. The molecular formula is C15H10ClF3O. The zero-order valence-electron chi connectivity index (χ0n) is 10.5. The number of carbonyl (C=O) groups is 1. The number of alkyl halides is 3. The van der Waals surface area contributed by atoms with E-state index in [0.717, 1.165) is 6.07 Å². The van der Waals surface area contributed by atoms with Crippen LogP contribution in [0.2, 0.25) is 5.02 Å². The summed E-state index contributed by atoms with van der Waals surface area (Å²) in [6.07, 6.45) is -4.57. The smallest absolute Gasteiger partial charge is 0.289 e. The molecule has 0 spiro atoms. The first-order chi connectivity index (χ1) is 9.30. The Morgan fingerprint density at radius 1 is 1.05 bits per heavy atom. The first kappa shape index (κ1) is 14.6. The molecule has 0 aliphatic rings. The number of aryl methyl sites for hydroxylation is 1. The van der Waals surface area contributed by atoms with E-state index in [4.69, 9.17) is 11.6 Å². The minimum atomic E-state index is -4.57. The summed E-state index contributed by atoms with van der Waals surface area (Å²) in [4.78, 5) is 12.3. The Kier molecular flexibility index (Phi) is 3.86. The number of rotatable bonds is 2. The summed E-state index contributed by atoms with van der Waals surface area (Å²) in [7, 11) is 0. The third kappa shape index (κ3) is 2.85. The van der Waals surface area contributed by atoms with Crippen molar-refractivity contribution in [3.05, 3.63) is 69.7 Å². The Morgan fingerprint density at radius 3 is 2.35 bits per heavy atom. The summed E-state index contributed by atoms with van der Waals surface area (Å²) < 4.78 is 38.8. The molecule has 2 aromatic rings. The van der Waals surface area contributed by atoms with Crippen molar-refractivity contribution in [1.82, 2.24) is 0 Å². The van der Waals surface area contributed by atoms with Crippen molar-refractivity contribution in [2.45, 2.75) is 13.1 Å². The lowest BCUT2D eigenvalue weighted by atomic mass is 9.95. The molecule has 5 heteroatoms. The van der Waals surface area contributed by atoms with Crippen LogP contribution in [-0.4, -0.2) is 5.78 Å². The Bertz CT molecular complexity index is 662. The quantitative estimate of drug-likeness (QED) is 0.721. The molecule has 20 heavy (non-hydrogen) atoms. The monoisotopic (exact) mass is 298 g/mol. The van der Waals surface area contributed by atoms with Gasteiger partial charge in [-0.2, -0.15) is 13.2 Å². The molecule has 2 rings (SSSR count). The highest BCUT2D eigenvalue weighted by Gasteiger charge is 2.35. The van der Waals surface area contributed by atoms with E-state index in [1.807, 2.05) is 0 Å². The molecule has 0 heterocycles. The van der Waals surface area contributed by atoms with Gasteiger partial charge in [-0.1, -0.05) is 35.9 Å². The van der Waals surface area contributed by atoms with E-state index in [9.17, 15) is 18.0 Å². The van der Waals surface area contributed by atoms with Gasteiger partial charge in [-0.25, -0.2) is 0 Å². The van der Waals surface area contributed by atoms with Gasteiger partial charge in [-0.05, 0) is 30.7 Å². The Balaban J connectivity index is 2.57. The van der Waals surface area contributed by atoms with Crippen LogP contribution in [0.15, 0.2) is 42.5 Å². The van der Waals surface area contributed by atoms with Crippen LogP contribution in [0.4, 0.5) is 13.2 Å². The standard InChI is InChI=1S/C15H10ClF3O/c1-9-6-7-10(16)8-12(9)14(20)11-4-2-3-5-13(11)15(17,18)19/h2-8H,1H3. The summed E-state index contributed by atoms with van der Waals surface area (Å²) >= 11 is 5.80. The van der Waals surface area contributed by atoms with E-state index < -0.39 is 17.5 Å². The number of hydrogen-bond donors (Lipinski definition) is 0. The maximum absolute atomic E-state index is 12.9. The Morgan fingerprint density at radius 2 is 1.70 bits per heavy atom. The van der Waals surface area contributed by atoms with E-state index in [2.05, 4.69) is 0 Å². The lowest BCUT2D eigenvalue weighted by Gasteiger charge is -2.13. The molecule has 0 aromatic heterocycles. The van der Waals surface area contributed by atoms with E-state index in [-0.39, 0.29) is 11.1 Å².